The molecule has 1 amide bonds. The van der Waals surface area contributed by atoms with Gasteiger partial charge in [-0.2, -0.15) is 0 Å². The third kappa shape index (κ3) is 4.64. The second-order valence-electron chi connectivity index (χ2n) is 6.15. The van der Waals surface area contributed by atoms with Gasteiger partial charge in [-0.15, -0.1) is 0 Å². The number of anilines is 1. The van der Waals surface area contributed by atoms with Crippen molar-refractivity contribution in [3.63, 3.8) is 0 Å². The molecule has 2 rings (SSSR count). The van der Waals surface area contributed by atoms with Crippen molar-refractivity contribution in [3.05, 3.63) is 23.8 Å². The number of carboxylic acid groups (broad SMARTS) is 1. The van der Waals surface area contributed by atoms with Crippen molar-refractivity contribution in [1.82, 2.24) is 9.80 Å². The number of carboxylic acids is 1. The van der Waals surface area contributed by atoms with E-state index in [1.54, 1.807) is 4.90 Å². The summed E-state index contributed by atoms with van der Waals surface area (Å²) in [5.41, 5.74) is -0.0705. The molecule has 1 aliphatic heterocycles. The van der Waals surface area contributed by atoms with E-state index in [0.717, 1.165) is 10.6 Å². The lowest BCUT2D eigenvalue weighted by molar-refractivity contribution is -0.131. The molecule has 0 saturated carbocycles. The van der Waals surface area contributed by atoms with E-state index in [-0.39, 0.29) is 22.9 Å². The van der Waals surface area contributed by atoms with Crippen LogP contribution in [0.25, 0.3) is 0 Å². The number of nitrogens with zero attached hydrogens (tertiary/aromatic N) is 3. The van der Waals surface area contributed by atoms with Crippen molar-refractivity contribution in [3.8, 4) is 5.75 Å². The smallest absolute Gasteiger partial charge is 0.335 e. The van der Waals surface area contributed by atoms with E-state index >= 15 is 0 Å². The lowest BCUT2D eigenvalue weighted by atomic mass is 10.2. The molecule has 144 valence electrons. The Kier molecular flexibility index (Phi) is 6.09. The molecule has 1 heterocycles. The molecular formula is C16H23N3O6S. The van der Waals surface area contributed by atoms with E-state index in [2.05, 4.69) is 4.90 Å². The summed E-state index contributed by atoms with van der Waals surface area (Å²) in [6.07, 6.45) is 0.969. The fourth-order valence-electron chi connectivity index (χ4n) is 2.68. The van der Waals surface area contributed by atoms with Crippen LogP contribution in [0.15, 0.2) is 18.2 Å². The van der Waals surface area contributed by atoms with Gasteiger partial charge in [-0.3, -0.25) is 9.10 Å². The fourth-order valence-corrected chi connectivity index (χ4v) is 3.52. The molecule has 0 bridgehead atoms. The second kappa shape index (κ2) is 7.92. The summed E-state index contributed by atoms with van der Waals surface area (Å²) in [7, 11) is -0.535. The van der Waals surface area contributed by atoms with Crippen molar-refractivity contribution in [2.75, 3.05) is 57.4 Å². The van der Waals surface area contributed by atoms with Gasteiger partial charge in [0.25, 0.3) is 0 Å². The molecule has 1 aromatic rings. The molecule has 1 N–H and O–H groups in total. The second-order valence-corrected chi connectivity index (χ2v) is 8.05. The average molecular weight is 385 g/mol. The Hall–Kier alpha value is -2.33. The topological polar surface area (TPSA) is 107 Å². The maximum Gasteiger partial charge on any atom is 0.335 e. The number of sulfonamides is 1. The van der Waals surface area contributed by atoms with E-state index in [1.165, 1.54) is 25.3 Å². The summed E-state index contributed by atoms with van der Waals surface area (Å²) in [4.78, 5) is 27.5. The Labute approximate surface area is 152 Å². The number of hydrogen-bond acceptors (Lipinski definition) is 6. The van der Waals surface area contributed by atoms with Gasteiger partial charge in [0.15, 0.2) is 0 Å². The number of likely N-dealkylation sites (N-methyl/N-ethyl adjacent to an activating group) is 1. The fraction of sp³-hybridized carbons (Fsp3) is 0.500. The summed E-state index contributed by atoms with van der Waals surface area (Å²) in [6, 6.07) is 3.88. The predicted octanol–water partition coefficient (Wildman–Crippen LogP) is -0.0666. The molecule has 0 atom stereocenters. The highest BCUT2D eigenvalue weighted by Crippen LogP contribution is 2.31. The molecule has 0 aliphatic carbocycles. The summed E-state index contributed by atoms with van der Waals surface area (Å²) in [5, 5.41) is 9.18. The lowest BCUT2D eigenvalue weighted by Gasteiger charge is -2.34. The number of piperazine rings is 1. The van der Waals surface area contributed by atoms with Gasteiger partial charge in [-0.1, -0.05) is 0 Å². The Bertz CT molecular complexity index is 787. The van der Waals surface area contributed by atoms with E-state index in [4.69, 9.17) is 4.74 Å². The van der Waals surface area contributed by atoms with Crippen LogP contribution in [-0.2, 0) is 14.8 Å². The first-order valence-electron chi connectivity index (χ1n) is 7.99. The molecule has 10 heteroatoms. The number of hydrogen-bond donors (Lipinski definition) is 1. The third-order valence-corrected chi connectivity index (χ3v) is 5.36. The number of rotatable bonds is 6. The number of methoxy groups -OCH3 is 1. The van der Waals surface area contributed by atoms with Crippen LogP contribution in [-0.4, -0.2) is 88.3 Å². The highest BCUT2D eigenvalue weighted by atomic mass is 32.2. The Morgan fingerprint density at radius 1 is 1.23 bits per heavy atom. The van der Waals surface area contributed by atoms with E-state index in [1.807, 2.05) is 7.05 Å². The van der Waals surface area contributed by atoms with Crippen LogP contribution in [0.2, 0.25) is 0 Å². The minimum Gasteiger partial charge on any atom is -0.495 e. The quantitative estimate of drug-likeness (QED) is 0.730. The molecule has 0 radical (unpaired) electrons. The summed E-state index contributed by atoms with van der Waals surface area (Å²) >= 11 is 0. The lowest BCUT2D eigenvalue weighted by Crippen LogP contribution is -2.50. The van der Waals surface area contributed by atoms with Crippen LogP contribution in [0.1, 0.15) is 10.4 Å². The van der Waals surface area contributed by atoms with Crippen LogP contribution < -0.4 is 9.04 Å². The van der Waals surface area contributed by atoms with E-state index < -0.39 is 22.5 Å². The molecule has 0 aromatic heterocycles. The summed E-state index contributed by atoms with van der Waals surface area (Å²) < 4.78 is 30.6. The number of aromatic carboxylic acids is 1. The number of amides is 1. The van der Waals surface area contributed by atoms with Crippen molar-refractivity contribution in [2.24, 2.45) is 0 Å². The largest absolute Gasteiger partial charge is 0.495 e. The molecule has 0 unspecified atom stereocenters. The standard InChI is InChI=1S/C16H23N3O6S/c1-17-6-8-18(9-7-17)15(20)11-19(26(3,23)24)13-10-12(16(21)22)4-5-14(13)25-2/h4-5,10H,6-9,11H2,1-3H3,(H,21,22). The SMILES string of the molecule is COc1ccc(C(=O)O)cc1N(CC(=O)N1CCN(C)CC1)S(C)(=O)=O. The Morgan fingerprint density at radius 2 is 1.85 bits per heavy atom. The van der Waals surface area contributed by atoms with Gasteiger partial charge in [0.2, 0.25) is 15.9 Å². The predicted molar refractivity (Wildman–Crippen MR) is 96.2 cm³/mol. The monoisotopic (exact) mass is 385 g/mol. The molecule has 9 nitrogen and oxygen atoms in total. The van der Waals surface area contributed by atoms with Crippen molar-refractivity contribution in [1.29, 1.82) is 0 Å². The first-order valence-corrected chi connectivity index (χ1v) is 9.83. The number of carbonyl (C=O) groups excluding carboxylic acids is 1. The molecule has 1 fully saturated rings. The van der Waals surface area contributed by atoms with Gasteiger partial charge >= 0.3 is 5.97 Å². The first-order chi connectivity index (χ1) is 12.1. The van der Waals surface area contributed by atoms with Gasteiger partial charge in [-0.05, 0) is 25.2 Å². The molecule has 1 saturated heterocycles. The minimum atomic E-state index is -3.84. The Morgan fingerprint density at radius 3 is 2.35 bits per heavy atom. The normalized spacial score (nSPS) is 15.6. The van der Waals surface area contributed by atoms with Crippen LogP contribution in [0.5, 0.6) is 5.75 Å². The zero-order chi connectivity index (χ0) is 19.5. The van der Waals surface area contributed by atoms with Gasteiger partial charge in [-0.25, -0.2) is 13.2 Å². The van der Waals surface area contributed by atoms with Gasteiger partial charge in [0.1, 0.15) is 12.3 Å². The highest BCUT2D eigenvalue weighted by Gasteiger charge is 2.28. The van der Waals surface area contributed by atoms with Gasteiger partial charge in [0.05, 0.1) is 24.6 Å². The van der Waals surface area contributed by atoms with Crippen molar-refractivity contribution in [2.45, 2.75) is 0 Å². The van der Waals surface area contributed by atoms with Crippen LogP contribution >= 0.6 is 0 Å². The van der Waals surface area contributed by atoms with E-state index in [0.29, 0.717) is 26.2 Å². The maximum atomic E-state index is 12.6. The summed E-state index contributed by atoms with van der Waals surface area (Å²) in [5.74, 6) is -1.37. The molecule has 1 aromatic carbocycles. The van der Waals surface area contributed by atoms with Crippen molar-refractivity contribution >= 4 is 27.6 Å². The number of carbonyl (C=O) groups is 2. The van der Waals surface area contributed by atoms with Crippen molar-refractivity contribution < 1.29 is 27.9 Å². The number of benzene rings is 1. The molecule has 26 heavy (non-hydrogen) atoms. The first kappa shape index (κ1) is 20.0. The molecule has 0 spiro atoms. The zero-order valence-corrected chi connectivity index (χ0v) is 15.8. The summed E-state index contributed by atoms with van der Waals surface area (Å²) in [6.45, 7) is 2.03. The zero-order valence-electron chi connectivity index (χ0n) is 15.0. The minimum absolute atomic E-state index is 0.0253. The van der Waals surface area contributed by atoms with Crippen LogP contribution in [0, 0.1) is 0 Å². The molecule has 1 aliphatic rings. The average Bonchev–Trinajstić information content (AvgIpc) is 2.58. The highest BCUT2D eigenvalue weighted by molar-refractivity contribution is 7.92. The third-order valence-electron chi connectivity index (χ3n) is 4.23. The van der Waals surface area contributed by atoms with Gasteiger partial charge < -0.3 is 19.6 Å². The van der Waals surface area contributed by atoms with Crippen LogP contribution in [0.3, 0.4) is 0 Å². The van der Waals surface area contributed by atoms with Gasteiger partial charge in [0, 0.05) is 26.2 Å². The van der Waals surface area contributed by atoms with Crippen LogP contribution in [0.4, 0.5) is 5.69 Å². The van der Waals surface area contributed by atoms with E-state index in [9.17, 15) is 23.1 Å². The maximum absolute atomic E-state index is 12.6. The number of ether oxygens (including phenoxy) is 1. The Balaban J connectivity index is 2.35. The molecular weight excluding hydrogens is 362 g/mol.